The summed E-state index contributed by atoms with van der Waals surface area (Å²) in [5.41, 5.74) is 0.443. The van der Waals surface area contributed by atoms with Crippen molar-refractivity contribution >= 4 is 12.0 Å². The summed E-state index contributed by atoms with van der Waals surface area (Å²) in [7, 11) is 1.42. The number of allylic oxidation sites excluding steroid dienone is 1. The van der Waals surface area contributed by atoms with Crippen molar-refractivity contribution in [1.82, 2.24) is 0 Å². The summed E-state index contributed by atoms with van der Waals surface area (Å²) < 4.78 is 23.4. The summed E-state index contributed by atoms with van der Waals surface area (Å²) in [6, 6.07) is 4.93. The van der Waals surface area contributed by atoms with E-state index in [1.165, 1.54) is 7.11 Å². The van der Waals surface area contributed by atoms with Crippen LogP contribution in [0.4, 0.5) is 4.39 Å². The Bertz CT molecular complexity index is 427. The zero-order chi connectivity index (χ0) is 13.4. The summed E-state index contributed by atoms with van der Waals surface area (Å²) in [6.07, 6.45) is 4.21. The maximum absolute atomic E-state index is 13.7. The maximum atomic E-state index is 13.7. The van der Waals surface area contributed by atoms with Gasteiger partial charge in [-0.1, -0.05) is 24.3 Å². The first kappa shape index (κ1) is 14.2. The first-order valence-corrected chi connectivity index (χ1v) is 5.83. The predicted molar refractivity (Wildman–Crippen MR) is 67.9 cm³/mol. The molecule has 0 N–H and O–H groups in total. The minimum absolute atomic E-state index is 0.211. The Balaban J connectivity index is 2.54. The predicted octanol–water partition coefficient (Wildman–Crippen LogP) is 3.19. The molecule has 1 aromatic carbocycles. The number of carbonyl (C=O) groups is 1. The second kappa shape index (κ2) is 7.48. The molecule has 1 aromatic rings. The fraction of sp³-hybridized carbons (Fsp3) is 0.357. The smallest absolute Gasteiger partial charge is 0.306 e. The van der Waals surface area contributed by atoms with E-state index < -0.39 is 5.82 Å². The van der Waals surface area contributed by atoms with E-state index in [0.717, 1.165) is 0 Å². The topological polar surface area (TPSA) is 35.5 Å². The third-order valence-electron chi connectivity index (χ3n) is 2.33. The fourth-order valence-electron chi connectivity index (χ4n) is 1.46. The molecule has 0 radical (unpaired) electrons. The third kappa shape index (κ3) is 4.20. The highest BCUT2D eigenvalue weighted by atomic mass is 19.1. The zero-order valence-electron chi connectivity index (χ0n) is 10.6. The highest BCUT2D eigenvalue weighted by molar-refractivity contribution is 5.69. The van der Waals surface area contributed by atoms with Gasteiger partial charge in [-0.15, -0.1) is 0 Å². The van der Waals surface area contributed by atoms with E-state index >= 15 is 0 Å². The number of ether oxygens (including phenoxy) is 2. The SMILES string of the molecule is CCOC(=O)CCC=Cc1cccc(OC)c1F. The number of hydrogen-bond acceptors (Lipinski definition) is 3. The van der Waals surface area contributed by atoms with E-state index in [2.05, 4.69) is 0 Å². The van der Waals surface area contributed by atoms with Crippen LogP contribution in [0.3, 0.4) is 0 Å². The molecule has 0 aliphatic rings. The first-order valence-electron chi connectivity index (χ1n) is 5.83. The molecule has 1 rings (SSSR count). The lowest BCUT2D eigenvalue weighted by Crippen LogP contribution is -2.02. The molecule has 0 unspecified atom stereocenters. The molecule has 0 aromatic heterocycles. The Morgan fingerprint density at radius 2 is 2.22 bits per heavy atom. The normalized spacial score (nSPS) is 10.6. The fourth-order valence-corrected chi connectivity index (χ4v) is 1.46. The number of benzene rings is 1. The van der Waals surface area contributed by atoms with E-state index in [0.29, 0.717) is 25.0 Å². The van der Waals surface area contributed by atoms with Crippen LogP contribution in [-0.2, 0) is 9.53 Å². The number of hydrogen-bond donors (Lipinski definition) is 0. The van der Waals surface area contributed by atoms with Gasteiger partial charge in [-0.05, 0) is 19.4 Å². The standard InChI is InChI=1S/C14H17FO3/c1-3-18-13(16)10-5-4-7-11-8-6-9-12(17-2)14(11)15/h4,6-9H,3,5,10H2,1-2H3. The molecule has 0 aliphatic heterocycles. The monoisotopic (exact) mass is 252 g/mol. The van der Waals surface area contributed by atoms with Crippen LogP contribution in [-0.4, -0.2) is 19.7 Å². The summed E-state index contributed by atoms with van der Waals surface area (Å²) in [5.74, 6) is -0.428. The van der Waals surface area contributed by atoms with Crippen LogP contribution in [0.2, 0.25) is 0 Å². The molecule has 0 saturated heterocycles. The zero-order valence-corrected chi connectivity index (χ0v) is 10.6. The molecule has 98 valence electrons. The van der Waals surface area contributed by atoms with Crippen LogP contribution in [0.15, 0.2) is 24.3 Å². The largest absolute Gasteiger partial charge is 0.494 e. The quantitative estimate of drug-likeness (QED) is 0.729. The van der Waals surface area contributed by atoms with Gasteiger partial charge < -0.3 is 9.47 Å². The van der Waals surface area contributed by atoms with Crippen LogP contribution < -0.4 is 4.74 Å². The van der Waals surface area contributed by atoms with Crippen molar-refractivity contribution in [2.45, 2.75) is 19.8 Å². The highest BCUT2D eigenvalue weighted by Crippen LogP contribution is 2.21. The second-order valence-electron chi connectivity index (χ2n) is 3.61. The van der Waals surface area contributed by atoms with Crippen molar-refractivity contribution in [3.63, 3.8) is 0 Å². The lowest BCUT2D eigenvalue weighted by molar-refractivity contribution is -0.142. The van der Waals surface area contributed by atoms with Gasteiger partial charge in [0.15, 0.2) is 11.6 Å². The van der Waals surface area contributed by atoms with Gasteiger partial charge in [0.2, 0.25) is 0 Å². The minimum atomic E-state index is -0.396. The van der Waals surface area contributed by atoms with Crippen molar-refractivity contribution in [3.8, 4) is 5.75 Å². The average molecular weight is 252 g/mol. The van der Waals surface area contributed by atoms with Crippen molar-refractivity contribution in [3.05, 3.63) is 35.7 Å². The number of methoxy groups -OCH3 is 1. The molecule has 3 nitrogen and oxygen atoms in total. The Morgan fingerprint density at radius 3 is 2.89 bits per heavy atom. The molecule has 0 aliphatic carbocycles. The van der Waals surface area contributed by atoms with Crippen molar-refractivity contribution in [2.24, 2.45) is 0 Å². The van der Waals surface area contributed by atoms with Crippen LogP contribution >= 0.6 is 0 Å². The molecule has 0 saturated carbocycles. The Morgan fingerprint density at radius 1 is 1.44 bits per heavy atom. The van der Waals surface area contributed by atoms with Crippen molar-refractivity contribution in [2.75, 3.05) is 13.7 Å². The number of esters is 1. The van der Waals surface area contributed by atoms with Gasteiger partial charge in [-0.25, -0.2) is 4.39 Å². The molecule has 0 bridgehead atoms. The van der Waals surface area contributed by atoms with Gasteiger partial charge in [-0.2, -0.15) is 0 Å². The Hall–Kier alpha value is -1.84. The number of carbonyl (C=O) groups excluding carboxylic acids is 1. The summed E-state index contributed by atoms with van der Waals surface area (Å²) in [4.78, 5) is 11.1. The van der Waals surface area contributed by atoms with Gasteiger partial charge >= 0.3 is 5.97 Å². The van der Waals surface area contributed by atoms with E-state index in [1.807, 2.05) is 0 Å². The van der Waals surface area contributed by atoms with Crippen LogP contribution in [0, 0.1) is 5.82 Å². The molecule has 0 heterocycles. The molecule has 0 atom stereocenters. The average Bonchev–Trinajstić information content (AvgIpc) is 2.36. The second-order valence-corrected chi connectivity index (χ2v) is 3.61. The van der Waals surface area contributed by atoms with E-state index in [4.69, 9.17) is 9.47 Å². The lowest BCUT2D eigenvalue weighted by atomic mass is 10.1. The minimum Gasteiger partial charge on any atom is -0.494 e. The number of halogens is 1. The van der Waals surface area contributed by atoms with Gasteiger partial charge in [-0.3, -0.25) is 4.79 Å². The Kier molecular flexibility index (Phi) is 5.91. The van der Waals surface area contributed by atoms with Crippen molar-refractivity contribution in [1.29, 1.82) is 0 Å². The number of rotatable bonds is 6. The van der Waals surface area contributed by atoms with Crippen LogP contribution in [0.25, 0.3) is 6.08 Å². The van der Waals surface area contributed by atoms with Gasteiger partial charge in [0, 0.05) is 12.0 Å². The summed E-state index contributed by atoms with van der Waals surface area (Å²) in [6.45, 7) is 2.15. The first-order chi connectivity index (χ1) is 8.69. The maximum Gasteiger partial charge on any atom is 0.306 e. The highest BCUT2D eigenvalue weighted by Gasteiger charge is 2.05. The van der Waals surface area contributed by atoms with E-state index in [-0.39, 0.29) is 11.7 Å². The van der Waals surface area contributed by atoms with Gasteiger partial charge in [0.05, 0.1) is 13.7 Å². The van der Waals surface area contributed by atoms with Crippen LogP contribution in [0.1, 0.15) is 25.3 Å². The van der Waals surface area contributed by atoms with Crippen LogP contribution in [0.5, 0.6) is 5.75 Å². The lowest BCUT2D eigenvalue weighted by Gasteiger charge is -2.03. The molecule has 18 heavy (non-hydrogen) atoms. The molecular formula is C14H17FO3. The molecule has 0 amide bonds. The Labute approximate surface area is 106 Å². The summed E-state index contributed by atoms with van der Waals surface area (Å²) in [5, 5.41) is 0. The summed E-state index contributed by atoms with van der Waals surface area (Å²) >= 11 is 0. The molecular weight excluding hydrogens is 235 g/mol. The molecule has 0 fully saturated rings. The third-order valence-corrected chi connectivity index (χ3v) is 2.33. The van der Waals surface area contributed by atoms with Gasteiger partial charge in [0.25, 0.3) is 0 Å². The molecule has 0 spiro atoms. The van der Waals surface area contributed by atoms with Crippen molar-refractivity contribution < 1.29 is 18.7 Å². The van der Waals surface area contributed by atoms with E-state index in [1.54, 1.807) is 37.3 Å². The molecule has 4 heteroatoms. The van der Waals surface area contributed by atoms with E-state index in [9.17, 15) is 9.18 Å². The van der Waals surface area contributed by atoms with Gasteiger partial charge in [0.1, 0.15) is 0 Å².